The molecule has 6 unspecified atom stereocenters. The van der Waals surface area contributed by atoms with E-state index < -0.39 is 0 Å². The van der Waals surface area contributed by atoms with Gasteiger partial charge in [-0.3, -0.25) is 0 Å². The number of rotatable bonds is 3. The van der Waals surface area contributed by atoms with Crippen molar-refractivity contribution in [3.8, 4) is 0 Å². The van der Waals surface area contributed by atoms with Gasteiger partial charge in [0.15, 0.2) is 0 Å². The summed E-state index contributed by atoms with van der Waals surface area (Å²) >= 11 is 11.5. The molecular weight excluding hydrogens is 299 g/mol. The van der Waals surface area contributed by atoms with Crippen LogP contribution in [-0.2, 0) is 0 Å². The highest BCUT2D eigenvalue weighted by Gasteiger charge is 2.35. The molecule has 0 N–H and O–H groups in total. The smallest absolute Gasteiger partial charge is 0.0257 e. The zero-order valence-electron chi connectivity index (χ0n) is 11.5. The predicted octanol–water partition coefficient (Wildman–Crippen LogP) is 6.54. The number of hydrogen-bond donors (Lipinski definition) is 0. The maximum Gasteiger partial charge on any atom is 0.0257 e. The second-order valence-corrected chi connectivity index (χ2v) is 7.40. The van der Waals surface area contributed by atoms with E-state index in [1.165, 1.54) is 32.1 Å². The van der Waals surface area contributed by atoms with Gasteiger partial charge in [0.2, 0.25) is 0 Å². The zero-order chi connectivity index (χ0) is 13.2. The zero-order valence-corrected chi connectivity index (χ0v) is 13.0. The molecule has 21 heavy (non-hydrogen) atoms. The molecule has 2 saturated carbocycles. The molecule has 4 rings (SSSR count). The Morgan fingerprint density at radius 3 is 1.52 bits per heavy atom. The second kappa shape index (κ2) is 8.63. The first-order valence-corrected chi connectivity index (χ1v) is 8.85. The summed E-state index contributed by atoms with van der Waals surface area (Å²) in [5, 5.41) is 0. The van der Waals surface area contributed by atoms with E-state index in [0.717, 1.165) is 47.3 Å². The first-order valence-electron chi connectivity index (χ1n) is 7.78. The Morgan fingerprint density at radius 1 is 0.714 bits per heavy atom. The van der Waals surface area contributed by atoms with Crippen LogP contribution in [-0.4, -0.2) is 11.8 Å². The minimum absolute atomic E-state index is 0. The van der Waals surface area contributed by atoms with Gasteiger partial charge in [-0.05, 0) is 67.6 Å². The Labute approximate surface area is 142 Å². The fourth-order valence-electron chi connectivity index (χ4n) is 4.44. The van der Waals surface area contributed by atoms with Gasteiger partial charge in [-0.2, -0.15) is 0 Å². The normalized spacial score (nSPS) is 40.5. The van der Waals surface area contributed by atoms with Crippen LogP contribution in [0.15, 0.2) is 24.3 Å². The van der Waals surface area contributed by atoms with Crippen LogP contribution in [0.3, 0.4) is 0 Å². The molecular formula is C19H32Cl2. The minimum atomic E-state index is 0. The standard InChI is InChI=1S/C9H13Cl.C8H11Cl.2CH4/c10-4-3-9-6-7-1-2-8(9)5-7;9-5-8-4-6-1-2-7(8)3-6;;/h1-2,7-9H,3-6H2;1-2,6-8H,3-5H2;2*1H4. The molecule has 0 saturated heterocycles. The molecule has 0 aromatic carbocycles. The lowest BCUT2D eigenvalue weighted by Gasteiger charge is -2.15. The molecule has 0 nitrogen and oxygen atoms in total. The van der Waals surface area contributed by atoms with E-state index in [1.807, 2.05) is 0 Å². The molecule has 0 radical (unpaired) electrons. The third kappa shape index (κ3) is 4.29. The van der Waals surface area contributed by atoms with Crippen molar-refractivity contribution in [3.05, 3.63) is 24.3 Å². The van der Waals surface area contributed by atoms with Gasteiger partial charge in [-0.15, -0.1) is 23.2 Å². The first-order chi connectivity index (χ1) is 9.30. The summed E-state index contributed by atoms with van der Waals surface area (Å²) in [6, 6.07) is 0. The van der Waals surface area contributed by atoms with Gasteiger partial charge in [0.1, 0.15) is 0 Å². The lowest BCUT2D eigenvalue weighted by Crippen LogP contribution is -2.07. The van der Waals surface area contributed by atoms with Crippen molar-refractivity contribution in [2.24, 2.45) is 35.5 Å². The van der Waals surface area contributed by atoms with Crippen LogP contribution in [0.1, 0.15) is 47.0 Å². The van der Waals surface area contributed by atoms with Crippen molar-refractivity contribution in [1.29, 1.82) is 0 Å². The van der Waals surface area contributed by atoms with Gasteiger partial charge in [-0.25, -0.2) is 0 Å². The Morgan fingerprint density at radius 2 is 1.24 bits per heavy atom. The molecule has 0 heterocycles. The third-order valence-electron chi connectivity index (χ3n) is 5.51. The summed E-state index contributed by atoms with van der Waals surface area (Å²) in [6.45, 7) is 0. The maximum absolute atomic E-state index is 5.77. The number of allylic oxidation sites excluding steroid dienone is 4. The Kier molecular flexibility index (Phi) is 7.85. The molecule has 122 valence electrons. The SMILES string of the molecule is C.C.ClCC1CC2C=CC1C2.ClCCC1CC2C=CC1C2. The Bertz CT molecular complexity index is 361. The monoisotopic (exact) mass is 330 g/mol. The van der Waals surface area contributed by atoms with Crippen molar-refractivity contribution in [2.45, 2.75) is 47.0 Å². The molecule has 2 fully saturated rings. The topological polar surface area (TPSA) is 0 Å². The molecule has 2 heteroatoms. The largest absolute Gasteiger partial charge is 0.127 e. The first kappa shape index (κ1) is 19.1. The van der Waals surface area contributed by atoms with Gasteiger partial charge in [0, 0.05) is 11.8 Å². The van der Waals surface area contributed by atoms with E-state index in [-0.39, 0.29) is 14.9 Å². The molecule has 4 bridgehead atoms. The molecule has 4 aliphatic rings. The minimum Gasteiger partial charge on any atom is -0.127 e. The van der Waals surface area contributed by atoms with Crippen LogP contribution < -0.4 is 0 Å². The Hall–Kier alpha value is 0.0600. The molecule has 0 aliphatic heterocycles. The average molecular weight is 331 g/mol. The maximum atomic E-state index is 5.77. The molecule has 0 aromatic rings. The van der Waals surface area contributed by atoms with Gasteiger partial charge >= 0.3 is 0 Å². The van der Waals surface area contributed by atoms with Crippen LogP contribution in [0.4, 0.5) is 0 Å². The van der Waals surface area contributed by atoms with Crippen molar-refractivity contribution in [3.63, 3.8) is 0 Å². The van der Waals surface area contributed by atoms with Crippen LogP contribution in [0.25, 0.3) is 0 Å². The van der Waals surface area contributed by atoms with E-state index in [2.05, 4.69) is 24.3 Å². The van der Waals surface area contributed by atoms with Crippen molar-refractivity contribution in [2.75, 3.05) is 11.8 Å². The van der Waals surface area contributed by atoms with E-state index in [4.69, 9.17) is 23.2 Å². The molecule has 6 atom stereocenters. The van der Waals surface area contributed by atoms with Gasteiger partial charge in [0.25, 0.3) is 0 Å². The highest BCUT2D eigenvalue weighted by atomic mass is 35.5. The van der Waals surface area contributed by atoms with E-state index in [9.17, 15) is 0 Å². The number of halogens is 2. The third-order valence-corrected chi connectivity index (χ3v) is 6.13. The quantitative estimate of drug-likeness (QED) is 0.407. The predicted molar refractivity (Wildman–Crippen MR) is 97.2 cm³/mol. The van der Waals surface area contributed by atoms with Crippen LogP contribution in [0.2, 0.25) is 0 Å². The van der Waals surface area contributed by atoms with Crippen LogP contribution in [0.5, 0.6) is 0 Å². The number of fused-ring (bicyclic) bond motifs is 4. The van der Waals surface area contributed by atoms with Crippen molar-refractivity contribution < 1.29 is 0 Å². The summed E-state index contributed by atoms with van der Waals surface area (Å²) in [4.78, 5) is 0. The molecule has 0 amide bonds. The average Bonchev–Trinajstić information content (AvgIpc) is 3.19. The van der Waals surface area contributed by atoms with Gasteiger partial charge in [-0.1, -0.05) is 39.2 Å². The van der Waals surface area contributed by atoms with E-state index in [1.54, 1.807) is 0 Å². The number of hydrogen-bond acceptors (Lipinski definition) is 0. The van der Waals surface area contributed by atoms with Crippen molar-refractivity contribution >= 4 is 23.2 Å². The number of alkyl halides is 2. The summed E-state index contributed by atoms with van der Waals surface area (Å²) in [7, 11) is 0. The molecule has 0 aromatic heterocycles. The van der Waals surface area contributed by atoms with Crippen LogP contribution in [0, 0.1) is 35.5 Å². The van der Waals surface area contributed by atoms with Gasteiger partial charge < -0.3 is 0 Å². The van der Waals surface area contributed by atoms with Crippen molar-refractivity contribution in [1.82, 2.24) is 0 Å². The van der Waals surface area contributed by atoms with E-state index >= 15 is 0 Å². The summed E-state index contributed by atoms with van der Waals surface area (Å²) in [5.41, 5.74) is 0. The van der Waals surface area contributed by atoms with E-state index in [0.29, 0.717) is 0 Å². The second-order valence-electron chi connectivity index (χ2n) is 6.71. The summed E-state index contributed by atoms with van der Waals surface area (Å²) < 4.78 is 0. The van der Waals surface area contributed by atoms with Gasteiger partial charge in [0.05, 0.1) is 0 Å². The molecule has 4 aliphatic carbocycles. The Balaban J connectivity index is 0.000000192. The lowest BCUT2D eigenvalue weighted by atomic mass is 9.91. The summed E-state index contributed by atoms with van der Waals surface area (Å²) in [6.07, 6.45) is 16.3. The van der Waals surface area contributed by atoms with Crippen LogP contribution >= 0.6 is 23.2 Å². The highest BCUT2D eigenvalue weighted by molar-refractivity contribution is 6.18. The lowest BCUT2D eigenvalue weighted by molar-refractivity contribution is 0.436. The fraction of sp³-hybridized carbons (Fsp3) is 0.789. The highest BCUT2D eigenvalue weighted by Crippen LogP contribution is 2.45. The molecule has 0 spiro atoms. The fourth-order valence-corrected chi connectivity index (χ4v) is 5.07. The summed E-state index contributed by atoms with van der Waals surface area (Å²) in [5.74, 6) is 6.98.